The first kappa shape index (κ1) is 28.7. The molecule has 0 saturated heterocycles. The standard InChI is InChI=1S/C48H32S2/c1-2-10-29(11-3-1)30-18-20-31(21-19-30)47-36-13-4-6-15-38(36)48(39-16-7-5-14-37(39)47)32-22-23-44-41(24-32)42-26-33-25-40-35-12-8-9-17-43(35)49-45(40)27-34(33)28-46(42)50-44/h1-18,20,22-23,25-28,41H,19,21,24H2. The Hall–Kier alpha value is -5.15. The van der Waals surface area contributed by atoms with Gasteiger partial charge in [0.1, 0.15) is 0 Å². The molecule has 0 saturated carbocycles. The zero-order valence-corrected chi connectivity index (χ0v) is 29.1. The zero-order chi connectivity index (χ0) is 32.8. The van der Waals surface area contributed by atoms with Crippen LogP contribution in [0.2, 0.25) is 0 Å². The predicted octanol–water partition coefficient (Wildman–Crippen LogP) is 14.3. The van der Waals surface area contributed by atoms with Crippen LogP contribution >= 0.6 is 23.1 Å². The van der Waals surface area contributed by atoms with Crippen LogP contribution in [0, 0.1) is 0 Å². The smallest absolute Gasteiger partial charge is 0.0361 e. The molecule has 3 aliphatic rings. The lowest BCUT2D eigenvalue weighted by molar-refractivity contribution is 0.854. The first-order valence-electron chi connectivity index (χ1n) is 17.6. The van der Waals surface area contributed by atoms with Gasteiger partial charge in [0, 0.05) is 31.0 Å². The first-order chi connectivity index (χ1) is 24.8. The average molecular weight is 673 g/mol. The van der Waals surface area contributed by atoms with Gasteiger partial charge in [0.05, 0.1) is 0 Å². The topological polar surface area (TPSA) is 0 Å². The third-order valence-corrected chi connectivity index (χ3v) is 13.5. The second-order valence-corrected chi connectivity index (χ2v) is 16.1. The van der Waals surface area contributed by atoms with E-state index in [0.29, 0.717) is 5.92 Å². The van der Waals surface area contributed by atoms with E-state index in [4.69, 9.17) is 0 Å². The predicted molar refractivity (Wildman–Crippen MR) is 219 cm³/mol. The molecule has 0 radical (unpaired) electrons. The minimum atomic E-state index is 0.383. The lowest BCUT2D eigenvalue weighted by Crippen LogP contribution is -2.04. The van der Waals surface area contributed by atoms with Crippen LogP contribution in [-0.4, -0.2) is 0 Å². The normalized spacial score (nSPS) is 17.2. The van der Waals surface area contributed by atoms with E-state index >= 15 is 0 Å². The molecule has 1 unspecified atom stereocenters. The van der Waals surface area contributed by atoms with E-state index in [0.717, 1.165) is 19.3 Å². The van der Waals surface area contributed by atoms with Gasteiger partial charge in [-0.15, -0.1) is 11.3 Å². The molecule has 2 aliphatic carbocycles. The summed E-state index contributed by atoms with van der Waals surface area (Å²) in [5.41, 5.74) is 9.91. The molecule has 2 heteroatoms. The van der Waals surface area contributed by atoms with Gasteiger partial charge in [-0.2, -0.15) is 0 Å². The third-order valence-electron chi connectivity index (χ3n) is 11.2. The van der Waals surface area contributed by atoms with E-state index in [2.05, 4.69) is 152 Å². The molecule has 1 aromatic heterocycles. The van der Waals surface area contributed by atoms with Crippen molar-refractivity contribution in [1.82, 2.24) is 0 Å². The van der Waals surface area contributed by atoms with Gasteiger partial charge in [0.25, 0.3) is 0 Å². The fourth-order valence-corrected chi connectivity index (χ4v) is 11.2. The highest BCUT2D eigenvalue weighted by molar-refractivity contribution is 8.03. The summed E-state index contributed by atoms with van der Waals surface area (Å²) >= 11 is 3.88. The molecule has 1 aliphatic heterocycles. The maximum atomic E-state index is 2.50. The Morgan fingerprint density at radius 3 is 1.78 bits per heavy atom. The molecule has 0 amide bonds. The van der Waals surface area contributed by atoms with Gasteiger partial charge in [-0.3, -0.25) is 0 Å². The van der Waals surface area contributed by atoms with E-state index in [9.17, 15) is 0 Å². The summed E-state index contributed by atoms with van der Waals surface area (Å²) in [6.45, 7) is 0. The van der Waals surface area contributed by atoms with Crippen molar-refractivity contribution in [2.45, 2.75) is 30.1 Å². The van der Waals surface area contributed by atoms with Crippen LogP contribution in [-0.2, 0) is 0 Å². The van der Waals surface area contributed by atoms with Crippen LogP contribution in [0.1, 0.15) is 47.4 Å². The third kappa shape index (κ3) is 4.38. The molecule has 11 rings (SSSR count). The maximum Gasteiger partial charge on any atom is 0.0361 e. The minimum Gasteiger partial charge on any atom is -0.135 e. The number of benzene rings is 7. The molecule has 50 heavy (non-hydrogen) atoms. The molecule has 236 valence electrons. The summed E-state index contributed by atoms with van der Waals surface area (Å²) in [5, 5.41) is 10.9. The van der Waals surface area contributed by atoms with Crippen LogP contribution in [0.25, 0.3) is 69.2 Å². The molecular formula is C48H32S2. The fourth-order valence-electron chi connectivity index (χ4n) is 8.80. The van der Waals surface area contributed by atoms with E-state index in [-0.39, 0.29) is 0 Å². The average Bonchev–Trinajstić information content (AvgIpc) is 3.72. The second-order valence-electron chi connectivity index (χ2n) is 13.9. The number of thiophene rings is 1. The van der Waals surface area contributed by atoms with Crippen molar-refractivity contribution in [2.75, 3.05) is 0 Å². The molecule has 0 spiro atoms. The number of hydrogen-bond donors (Lipinski definition) is 0. The molecule has 8 aromatic rings. The Labute approximate surface area is 299 Å². The van der Waals surface area contributed by atoms with Crippen molar-refractivity contribution in [1.29, 1.82) is 0 Å². The number of allylic oxidation sites excluding steroid dienone is 8. The molecule has 0 N–H and O–H groups in total. The first-order valence-corrected chi connectivity index (χ1v) is 19.3. The largest absolute Gasteiger partial charge is 0.135 e. The van der Waals surface area contributed by atoms with E-state index in [1.54, 1.807) is 0 Å². The monoisotopic (exact) mass is 672 g/mol. The van der Waals surface area contributed by atoms with Crippen molar-refractivity contribution in [3.05, 3.63) is 179 Å². The number of hydrogen-bond acceptors (Lipinski definition) is 2. The molecule has 7 aromatic carbocycles. The van der Waals surface area contributed by atoms with Crippen LogP contribution in [0.15, 0.2) is 161 Å². The van der Waals surface area contributed by atoms with Crippen molar-refractivity contribution in [3.8, 4) is 0 Å². The van der Waals surface area contributed by atoms with Crippen LogP contribution in [0.4, 0.5) is 0 Å². The van der Waals surface area contributed by atoms with Gasteiger partial charge in [-0.05, 0) is 126 Å². The second kappa shape index (κ2) is 11.2. The lowest BCUT2D eigenvalue weighted by atomic mass is 9.79. The molecule has 2 heterocycles. The highest BCUT2D eigenvalue weighted by atomic mass is 32.2. The van der Waals surface area contributed by atoms with E-state index in [1.807, 2.05) is 23.1 Å². The Morgan fingerprint density at radius 1 is 0.460 bits per heavy atom. The molecular weight excluding hydrogens is 641 g/mol. The number of fused-ring (bicyclic) bond motifs is 9. The molecule has 1 atom stereocenters. The summed E-state index contributed by atoms with van der Waals surface area (Å²) in [4.78, 5) is 2.89. The highest BCUT2D eigenvalue weighted by Gasteiger charge is 2.32. The van der Waals surface area contributed by atoms with E-state index < -0.39 is 0 Å². The lowest BCUT2D eigenvalue weighted by Gasteiger charge is -2.25. The molecule has 0 bridgehead atoms. The summed E-state index contributed by atoms with van der Waals surface area (Å²) in [5.74, 6) is 0.383. The highest BCUT2D eigenvalue weighted by Crippen LogP contribution is 2.56. The Bertz CT molecular complexity index is 2800. The quantitative estimate of drug-likeness (QED) is 0.168. The van der Waals surface area contributed by atoms with Crippen LogP contribution < -0.4 is 0 Å². The minimum absolute atomic E-state index is 0.383. The Balaban J connectivity index is 1.03. The summed E-state index contributed by atoms with van der Waals surface area (Å²) in [6, 6.07) is 47.8. The van der Waals surface area contributed by atoms with Crippen LogP contribution in [0.3, 0.4) is 0 Å². The Morgan fingerprint density at radius 2 is 1.06 bits per heavy atom. The van der Waals surface area contributed by atoms with Gasteiger partial charge < -0.3 is 0 Å². The van der Waals surface area contributed by atoms with Gasteiger partial charge in [0.2, 0.25) is 0 Å². The van der Waals surface area contributed by atoms with Gasteiger partial charge >= 0.3 is 0 Å². The maximum absolute atomic E-state index is 2.50. The zero-order valence-electron chi connectivity index (χ0n) is 27.4. The van der Waals surface area contributed by atoms with Crippen molar-refractivity contribution in [2.24, 2.45) is 0 Å². The summed E-state index contributed by atoms with van der Waals surface area (Å²) in [7, 11) is 0. The number of rotatable bonds is 3. The fraction of sp³-hybridized carbons (Fsp3) is 0.0833. The summed E-state index contributed by atoms with van der Waals surface area (Å²) in [6.07, 6.45) is 12.7. The SMILES string of the molecule is C1=C(c2ccccc2)CCC(c2c3ccccc3c(C3=CC=C4Sc5cc6cc7sc8ccccc8c7cc6cc5C4C3)c3ccccc23)=C1. The van der Waals surface area contributed by atoms with Crippen molar-refractivity contribution in [3.63, 3.8) is 0 Å². The van der Waals surface area contributed by atoms with Crippen LogP contribution in [0.5, 0.6) is 0 Å². The van der Waals surface area contributed by atoms with Gasteiger partial charge in [0.15, 0.2) is 0 Å². The number of thioether (sulfide) groups is 1. The molecule has 0 nitrogen and oxygen atoms in total. The Kier molecular flexibility index (Phi) is 6.41. The van der Waals surface area contributed by atoms with Gasteiger partial charge in [-0.1, -0.05) is 133 Å². The van der Waals surface area contributed by atoms with Crippen molar-refractivity contribution < 1.29 is 0 Å². The van der Waals surface area contributed by atoms with Gasteiger partial charge in [-0.25, -0.2) is 0 Å². The van der Waals surface area contributed by atoms with E-state index in [1.165, 1.54) is 101 Å². The summed E-state index contributed by atoms with van der Waals surface area (Å²) < 4.78 is 2.74. The van der Waals surface area contributed by atoms with Crippen molar-refractivity contribution >= 4 is 92.3 Å². The molecule has 0 fully saturated rings.